The molecule has 0 saturated carbocycles. The number of benzene rings is 1. The van der Waals surface area contributed by atoms with Crippen molar-refractivity contribution in [3.05, 3.63) is 63.5 Å². The second-order valence-corrected chi connectivity index (χ2v) is 10.1. The van der Waals surface area contributed by atoms with Gasteiger partial charge in [-0.1, -0.05) is 12.1 Å². The largest absolute Gasteiger partial charge is 0.339 e. The van der Waals surface area contributed by atoms with Crippen LogP contribution in [-0.4, -0.2) is 72.1 Å². The van der Waals surface area contributed by atoms with E-state index in [4.69, 9.17) is 0 Å². The van der Waals surface area contributed by atoms with Crippen molar-refractivity contribution in [3.8, 4) is 0 Å². The van der Waals surface area contributed by atoms with Crippen LogP contribution in [-0.2, 0) is 21.4 Å². The average molecular weight is 473 g/mol. The van der Waals surface area contributed by atoms with Gasteiger partial charge >= 0.3 is 0 Å². The smallest absolute Gasteiger partial charge is 0.263 e. The van der Waals surface area contributed by atoms with E-state index < -0.39 is 10.0 Å². The Kier molecular flexibility index (Phi) is 5.27. The minimum absolute atomic E-state index is 0.0942. The number of aromatic nitrogens is 2. The van der Waals surface area contributed by atoms with Crippen LogP contribution in [0.2, 0.25) is 0 Å². The van der Waals surface area contributed by atoms with Gasteiger partial charge in [0.25, 0.3) is 15.6 Å². The summed E-state index contributed by atoms with van der Waals surface area (Å²) in [6.45, 7) is 2.80. The molecule has 0 unspecified atom stereocenters. The van der Waals surface area contributed by atoms with Gasteiger partial charge in [0.2, 0.25) is 5.91 Å². The van der Waals surface area contributed by atoms with Crippen molar-refractivity contribution in [1.29, 1.82) is 0 Å². The van der Waals surface area contributed by atoms with Gasteiger partial charge < -0.3 is 4.90 Å². The zero-order valence-electron chi connectivity index (χ0n) is 17.0. The predicted octanol–water partition coefficient (Wildman–Crippen LogP) is 0.139. The summed E-state index contributed by atoms with van der Waals surface area (Å²) >= 11 is 1.42. The number of amidine groups is 1. The molecule has 2 aliphatic rings. The topological polar surface area (TPSA) is 116 Å². The van der Waals surface area contributed by atoms with Crippen LogP contribution in [0.5, 0.6) is 0 Å². The predicted molar refractivity (Wildman–Crippen MR) is 119 cm³/mol. The summed E-state index contributed by atoms with van der Waals surface area (Å²) in [5, 5.41) is 1.83. The van der Waals surface area contributed by atoms with Gasteiger partial charge in [-0.3, -0.25) is 28.6 Å². The summed E-state index contributed by atoms with van der Waals surface area (Å²) in [5.74, 6) is 0.0472. The van der Waals surface area contributed by atoms with E-state index in [0.29, 0.717) is 43.2 Å². The van der Waals surface area contributed by atoms with Crippen LogP contribution in [0.1, 0.15) is 11.3 Å². The van der Waals surface area contributed by atoms with Crippen molar-refractivity contribution in [3.63, 3.8) is 0 Å². The van der Waals surface area contributed by atoms with E-state index in [1.54, 1.807) is 35.4 Å². The van der Waals surface area contributed by atoms with Gasteiger partial charge in [-0.2, -0.15) is 0 Å². The molecule has 2 aliphatic heterocycles. The van der Waals surface area contributed by atoms with Crippen molar-refractivity contribution >= 4 is 38.1 Å². The number of nitrogens with zero attached hydrogens (tertiary/aromatic N) is 5. The number of sulfonamides is 1. The van der Waals surface area contributed by atoms with Crippen molar-refractivity contribution < 1.29 is 13.2 Å². The number of amides is 1. The minimum atomic E-state index is -3.62. The summed E-state index contributed by atoms with van der Waals surface area (Å²) in [5.41, 5.74) is 1.11. The molecule has 0 atom stereocenters. The Balaban J connectivity index is 1.19. The third-order valence-corrected chi connectivity index (χ3v) is 7.66. The zero-order chi connectivity index (χ0) is 22.3. The van der Waals surface area contributed by atoms with Crippen molar-refractivity contribution in [2.45, 2.75) is 11.4 Å². The molecule has 1 saturated heterocycles. The number of carbonyl (C=O) groups excluding carboxylic acids is 1. The van der Waals surface area contributed by atoms with E-state index in [0.717, 1.165) is 5.69 Å². The van der Waals surface area contributed by atoms with Gasteiger partial charge in [0.15, 0.2) is 4.96 Å². The molecule has 3 aromatic rings. The second kappa shape index (κ2) is 8.11. The summed E-state index contributed by atoms with van der Waals surface area (Å²) in [7, 11) is -3.62. The number of carbonyl (C=O) groups is 1. The molecule has 10 nitrogen and oxygen atoms in total. The fraction of sp³-hybridized carbons (Fsp3) is 0.300. The molecule has 0 bridgehead atoms. The fourth-order valence-electron chi connectivity index (χ4n) is 3.85. The van der Waals surface area contributed by atoms with E-state index in [1.165, 1.54) is 21.8 Å². The highest BCUT2D eigenvalue weighted by molar-refractivity contribution is 7.90. The maximum Gasteiger partial charge on any atom is 0.263 e. The van der Waals surface area contributed by atoms with E-state index in [1.807, 2.05) is 5.38 Å². The third-order valence-electron chi connectivity index (χ3n) is 5.50. The van der Waals surface area contributed by atoms with Crippen molar-refractivity contribution in [1.82, 2.24) is 23.9 Å². The minimum Gasteiger partial charge on any atom is -0.339 e. The number of hydrogen-bond donors (Lipinski definition) is 1. The summed E-state index contributed by atoms with van der Waals surface area (Å²) in [6.07, 6.45) is 1.71. The maximum absolute atomic E-state index is 12.6. The number of hydrogen-bond acceptors (Lipinski definition) is 8. The summed E-state index contributed by atoms with van der Waals surface area (Å²) in [6, 6.07) is 8.12. The van der Waals surface area contributed by atoms with Crippen LogP contribution in [0.3, 0.4) is 0 Å². The molecule has 32 heavy (non-hydrogen) atoms. The molecule has 1 aromatic carbocycles. The molecule has 0 spiro atoms. The van der Waals surface area contributed by atoms with Crippen LogP contribution in [0, 0.1) is 0 Å². The molecule has 2 aromatic heterocycles. The number of piperazine rings is 1. The standard InChI is InChI=1S/C20H20N6O4S2/c27-17-11-14(22-20-26(17)9-10-31-20)13-24-5-7-25(8-6-24)18(28)12-21-19-15-3-1-2-4-16(15)32(29,30)23-19/h1-4,9-11H,5-8,12-13H2,(H,21,23). The first-order chi connectivity index (χ1) is 15.4. The van der Waals surface area contributed by atoms with Crippen LogP contribution < -0.4 is 10.3 Å². The third kappa shape index (κ3) is 3.92. The SMILES string of the molecule is O=C(CN=C1NS(=O)(=O)c2ccccc21)N1CCN(Cc2cc(=O)n3ccsc3n2)CC1. The van der Waals surface area contributed by atoms with Gasteiger partial charge in [0.1, 0.15) is 12.4 Å². The van der Waals surface area contributed by atoms with Gasteiger partial charge in [0, 0.05) is 55.9 Å². The quantitative estimate of drug-likeness (QED) is 0.577. The summed E-state index contributed by atoms with van der Waals surface area (Å²) in [4.78, 5) is 38.3. The first kappa shape index (κ1) is 20.8. The lowest BCUT2D eigenvalue weighted by molar-refractivity contribution is -0.131. The molecular weight excluding hydrogens is 452 g/mol. The lowest BCUT2D eigenvalue weighted by Crippen LogP contribution is -2.49. The van der Waals surface area contributed by atoms with E-state index in [2.05, 4.69) is 19.6 Å². The molecule has 1 N–H and O–H groups in total. The Morgan fingerprint density at radius 2 is 1.97 bits per heavy atom. The zero-order valence-corrected chi connectivity index (χ0v) is 18.6. The van der Waals surface area contributed by atoms with Gasteiger partial charge in [-0.05, 0) is 12.1 Å². The highest BCUT2D eigenvalue weighted by atomic mass is 32.2. The second-order valence-electron chi connectivity index (χ2n) is 7.56. The lowest BCUT2D eigenvalue weighted by Gasteiger charge is -2.34. The fourth-order valence-corrected chi connectivity index (χ4v) is 5.84. The van der Waals surface area contributed by atoms with E-state index in [-0.39, 0.29) is 28.7 Å². The van der Waals surface area contributed by atoms with Gasteiger partial charge in [0.05, 0.1) is 10.6 Å². The van der Waals surface area contributed by atoms with Crippen molar-refractivity contribution in [2.75, 3.05) is 32.7 Å². The number of rotatable bonds is 4. The Morgan fingerprint density at radius 3 is 2.78 bits per heavy atom. The van der Waals surface area contributed by atoms with Crippen molar-refractivity contribution in [2.24, 2.45) is 4.99 Å². The molecule has 166 valence electrons. The number of thiazole rings is 1. The molecule has 0 aliphatic carbocycles. The highest BCUT2D eigenvalue weighted by Gasteiger charge is 2.30. The monoisotopic (exact) mass is 472 g/mol. The Labute approximate surface area is 187 Å². The maximum atomic E-state index is 12.6. The molecule has 1 amide bonds. The van der Waals surface area contributed by atoms with Crippen LogP contribution in [0.25, 0.3) is 4.96 Å². The van der Waals surface area contributed by atoms with Gasteiger partial charge in [-0.15, -0.1) is 11.3 Å². The number of nitrogens with one attached hydrogen (secondary N) is 1. The lowest BCUT2D eigenvalue weighted by atomic mass is 10.2. The van der Waals surface area contributed by atoms with Crippen LogP contribution >= 0.6 is 11.3 Å². The number of aliphatic imine (C=N–C) groups is 1. The molecule has 0 radical (unpaired) electrons. The highest BCUT2D eigenvalue weighted by Crippen LogP contribution is 2.22. The van der Waals surface area contributed by atoms with Crippen LogP contribution in [0.15, 0.2) is 56.6 Å². The molecule has 4 heterocycles. The normalized spacial score (nSPS) is 19.2. The van der Waals surface area contributed by atoms with E-state index in [9.17, 15) is 18.0 Å². The molecule has 5 rings (SSSR count). The van der Waals surface area contributed by atoms with E-state index >= 15 is 0 Å². The van der Waals surface area contributed by atoms with Gasteiger partial charge in [-0.25, -0.2) is 13.4 Å². The average Bonchev–Trinajstić information content (AvgIpc) is 3.35. The molecule has 12 heteroatoms. The molecule has 1 fully saturated rings. The Hall–Kier alpha value is -3.09. The number of fused-ring (bicyclic) bond motifs is 2. The first-order valence-electron chi connectivity index (χ1n) is 10.0. The Morgan fingerprint density at radius 1 is 1.19 bits per heavy atom. The van der Waals surface area contributed by atoms with Crippen LogP contribution in [0.4, 0.5) is 0 Å². The first-order valence-corrected chi connectivity index (χ1v) is 12.4. The Bertz CT molecular complexity index is 1390. The summed E-state index contributed by atoms with van der Waals surface area (Å²) < 4.78 is 28.2. The molecular formula is C20H20N6O4S2.